The first-order chi connectivity index (χ1) is 14.4. The molecule has 4 rings (SSSR count). The molecule has 2 aromatic heterocycles. The van der Waals surface area contributed by atoms with Crippen molar-refractivity contribution in [2.75, 3.05) is 12.4 Å². The Labute approximate surface area is 174 Å². The summed E-state index contributed by atoms with van der Waals surface area (Å²) in [4.78, 5) is 16.2. The molecule has 0 saturated heterocycles. The van der Waals surface area contributed by atoms with Crippen LogP contribution in [-0.2, 0) is 0 Å². The van der Waals surface area contributed by atoms with Crippen LogP contribution in [-0.4, -0.2) is 32.8 Å². The van der Waals surface area contributed by atoms with Gasteiger partial charge in [0.25, 0.3) is 0 Å². The molecule has 7 nitrogen and oxygen atoms in total. The maximum absolute atomic E-state index is 11.8. The normalized spacial score (nSPS) is 10.9. The van der Waals surface area contributed by atoms with E-state index in [0.29, 0.717) is 11.5 Å². The number of carboxylic acid groups (broad SMARTS) is 1. The Morgan fingerprint density at radius 3 is 2.30 bits per heavy atom. The summed E-state index contributed by atoms with van der Waals surface area (Å²) in [6.07, 6.45) is 0. The Morgan fingerprint density at radius 2 is 1.70 bits per heavy atom. The zero-order valence-corrected chi connectivity index (χ0v) is 17.2. The Kier molecular flexibility index (Phi) is 4.87. The molecule has 2 N–H and O–H groups in total. The van der Waals surface area contributed by atoms with Gasteiger partial charge in [-0.3, -0.25) is 0 Å². The van der Waals surface area contributed by atoms with Crippen LogP contribution in [0.4, 0.5) is 11.5 Å². The smallest absolute Gasteiger partial charge is 0.354 e. The zero-order chi connectivity index (χ0) is 21.4. The van der Waals surface area contributed by atoms with E-state index in [2.05, 4.69) is 15.4 Å². The predicted molar refractivity (Wildman–Crippen MR) is 116 cm³/mol. The number of hydrogen-bond acceptors (Lipinski definition) is 5. The molecule has 0 radical (unpaired) electrons. The first kappa shape index (κ1) is 19.4. The standard InChI is InChI=1S/C23H22N4O3/c1-13-6-5-7-14(2)20(13)21-15(3)26-27-19(12-18(23(28)29)25-22(21)27)24-16-8-10-17(30-4)11-9-16/h5-12,24H,1-4H3,(H,28,29). The highest BCUT2D eigenvalue weighted by atomic mass is 16.5. The van der Waals surface area contributed by atoms with Crippen LogP contribution in [0.2, 0.25) is 0 Å². The van der Waals surface area contributed by atoms with Gasteiger partial charge in [-0.25, -0.2) is 9.78 Å². The first-order valence-corrected chi connectivity index (χ1v) is 9.50. The van der Waals surface area contributed by atoms with Crippen LogP contribution in [0.25, 0.3) is 16.8 Å². The van der Waals surface area contributed by atoms with Crippen molar-refractivity contribution < 1.29 is 14.6 Å². The molecule has 0 aliphatic rings. The van der Waals surface area contributed by atoms with E-state index >= 15 is 0 Å². The van der Waals surface area contributed by atoms with E-state index in [4.69, 9.17) is 4.74 Å². The van der Waals surface area contributed by atoms with Crippen molar-refractivity contribution in [2.45, 2.75) is 20.8 Å². The molecule has 2 heterocycles. The second-order valence-electron chi connectivity index (χ2n) is 7.15. The van der Waals surface area contributed by atoms with Crippen LogP contribution in [0.3, 0.4) is 0 Å². The van der Waals surface area contributed by atoms with Gasteiger partial charge in [0.1, 0.15) is 11.6 Å². The molecule has 0 aliphatic heterocycles. The van der Waals surface area contributed by atoms with Gasteiger partial charge in [0.05, 0.1) is 18.4 Å². The van der Waals surface area contributed by atoms with Crippen molar-refractivity contribution in [3.63, 3.8) is 0 Å². The number of anilines is 2. The summed E-state index contributed by atoms with van der Waals surface area (Å²) < 4.78 is 6.86. The van der Waals surface area contributed by atoms with E-state index in [9.17, 15) is 9.90 Å². The largest absolute Gasteiger partial charge is 0.497 e. The molecule has 0 unspecified atom stereocenters. The molecule has 7 heteroatoms. The third-order valence-corrected chi connectivity index (χ3v) is 5.08. The molecular formula is C23H22N4O3. The number of aryl methyl sites for hydroxylation is 3. The van der Waals surface area contributed by atoms with Gasteiger partial charge in [-0.2, -0.15) is 9.61 Å². The van der Waals surface area contributed by atoms with Crippen LogP contribution in [0, 0.1) is 20.8 Å². The first-order valence-electron chi connectivity index (χ1n) is 9.50. The maximum atomic E-state index is 11.8. The lowest BCUT2D eigenvalue weighted by atomic mass is 9.96. The van der Waals surface area contributed by atoms with E-state index in [1.807, 2.05) is 63.2 Å². The van der Waals surface area contributed by atoms with E-state index in [1.165, 1.54) is 6.07 Å². The summed E-state index contributed by atoms with van der Waals surface area (Å²) in [5, 5.41) is 17.6. The molecule has 0 saturated carbocycles. The minimum Gasteiger partial charge on any atom is -0.497 e. The van der Waals surface area contributed by atoms with Crippen molar-refractivity contribution in [3.05, 3.63) is 71.0 Å². The molecule has 30 heavy (non-hydrogen) atoms. The number of aromatic carboxylic acids is 1. The fraction of sp³-hybridized carbons (Fsp3) is 0.174. The number of ether oxygens (including phenoxy) is 1. The number of carboxylic acids is 1. The number of hydrogen-bond donors (Lipinski definition) is 2. The number of benzene rings is 2. The van der Waals surface area contributed by atoms with Gasteiger partial charge in [-0.1, -0.05) is 18.2 Å². The summed E-state index contributed by atoms with van der Waals surface area (Å²) >= 11 is 0. The van der Waals surface area contributed by atoms with Crippen LogP contribution < -0.4 is 10.1 Å². The van der Waals surface area contributed by atoms with Crippen LogP contribution in [0.5, 0.6) is 5.75 Å². The Bertz CT molecular complexity index is 1240. The van der Waals surface area contributed by atoms with Crippen molar-refractivity contribution in [3.8, 4) is 16.9 Å². The van der Waals surface area contributed by atoms with Crippen molar-refractivity contribution >= 4 is 23.1 Å². The monoisotopic (exact) mass is 402 g/mol. The summed E-state index contributed by atoms with van der Waals surface area (Å²) in [5.74, 6) is 0.156. The Hall–Kier alpha value is -3.87. The zero-order valence-electron chi connectivity index (χ0n) is 17.2. The average molecular weight is 402 g/mol. The minimum atomic E-state index is -1.10. The second kappa shape index (κ2) is 7.51. The number of nitrogens with zero attached hydrogens (tertiary/aromatic N) is 3. The molecular weight excluding hydrogens is 380 g/mol. The van der Waals surface area contributed by atoms with E-state index in [-0.39, 0.29) is 5.69 Å². The average Bonchev–Trinajstić information content (AvgIpc) is 3.05. The number of rotatable bonds is 5. The van der Waals surface area contributed by atoms with Gasteiger partial charge in [-0.05, 0) is 61.7 Å². The van der Waals surface area contributed by atoms with Gasteiger partial charge < -0.3 is 15.2 Å². The number of aromatic nitrogens is 3. The van der Waals surface area contributed by atoms with Gasteiger partial charge in [0.15, 0.2) is 11.3 Å². The maximum Gasteiger partial charge on any atom is 0.354 e. The number of fused-ring (bicyclic) bond motifs is 1. The van der Waals surface area contributed by atoms with Gasteiger partial charge in [0, 0.05) is 11.8 Å². The lowest BCUT2D eigenvalue weighted by molar-refractivity contribution is 0.0690. The molecule has 0 amide bonds. The van der Waals surface area contributed by atoms with Crippen LogP contribution in [0.15, 0.2) is 48.5 Å². The summed E-state index contributed by atoms with van der Waals surface area (Å²) in [7, 11) is 1.61. The van der Waals surface area contributed by atoms with Crippen LogP contribution >= 0.6 is 0 Å². The Morgan fingerprint density at radius 1 is 1.03 bits per heavy atom. The summed E-state index contributed by atoms with van der Waals surface area (Å²) in [6.45, 7) is 5.97. The highest BCUT2D eigenvalue weighted by Gasteiger charge is 2.21. The second-order valence-corrected chi connectivity index (χ2v) is 7.15. The highest BCUT2D eigenvalue weighted by Crippen LogP contribution is 2.34. The molecule has 0 spiro atoms. The number of nitrogens with one attached hydrogen (secondary N) is 1. The van der Waals surface area contributed by atoms with Crippen molar-refractivity contribution in [2.24, 2.45) is 0 Å². The van der Waals surface area contributed by atoms with Gasteiger partial charge in [0.2, 0.25) is 0 Å². The SMILES string of the molecule is COc1ccc(Nc2cc(C(=O)O)nc3c(-c4c(C)cccc4C)c(C)nn23)cc1. The lowest BCUT2D eigenvalue weighted by Crippen LogP contribution is -2.08. The topological polar surface area (TPSA) is 88.8 Å². The lowest BCUT2D eigenvalue weighted by Gasteiger charge is -2.12. The Balaban J connectivity index is 1.94. The number of carbonyl (C=O) groups is 1. The molecule has 4 aromatic rings. The molecule has 0 fully saturated rings. The fourth-order valence-electron chi connectivity index (χ4n) is 3.65. The van der Waals surface area contributed by atoms with E-state index in [0.717, 1.165) is 39.4 Å². The minimum absolute atomic E-state index is 0.0501. The van der Waals surface area contributed by atoms with Crippen LogP contribution in [0.1, 0.15) is 27.3 Å². The highest BCUT2D eigenvalue weighted by molar-refractivity contribution is 5.90. The number of methoxy groups -OCH3 is 1. The van der Waals surface area contributed by atoms with Gasteiger partial charge >= 0.3 is 5.97 Å². The third-order valence-electron chi connectivity index (χ3n) is 5.08. The summed E-state index contributed by atoms with van der Waals surface area (Å²) in [5.41, 5.74) is 6.04. The van der Waals surface area contributed by atoms with Crippen molar-refractivity contribution in [1.82, 2.24) is 14.6 Å². The van der Waals surface area contributed by atoms with Crippen molar-refractivity contribution in [1.29, 1.82) is 0 Å². The quantitative estimate of drug-likeness (QED) is 0.500. The van der Waals surface area contributed by atoms with Gasteiger partial charge in [-0.15, -0.1) is 0 Å². The summed E-state index contributed by atoms with van der Waals surface area (Å²) in [6, 6.07) is 14.9. The fourth-order valence-corrected chi connectivity index (χ4v) is 3.65. The molecule has 0 bridgehead atoms. The third kappa shape index (κ3) is 3.34. The molecule has 2 aromatic carbocycles. The van der Waals surface area contributed by atoms with E-state index in [1.54, 1.807) is 11.6 Å². The predicted octanol–water partition coefficient (Wildman–Crippen LogP) is 4.77. The molecule has 0 atom stereocenters. The molecule has 152 valence electrons. The molecule has 0 aliphatic carbocycles. The van der Waals surface area contributed by atoms with E-state index < -0.39 is 5.97 Å².